The van der Waals surface area contributed by atoms with Crippen LogP contribution in [-0.2, 0) is 6.42 Å². The number of nitrogens with one attached hydrogen (secondary N) is 2. The number of likely N-dealkylation sites (N-methyl/N-ethyl adjacent to an activating group) is 1. The standard InChI is InChI=1S/C12H19N3/c1-13-12(5-8-14-9-6-12)10-11-4-2-3-7-15-11/h2-4,7,13-14H,5-6,8-10H2,1H3. The lowest BCUT2D eigenvalue weighted by molar-refractivity contribution is 0.255. The van der Waals surface area contributed by atoms with Gasteiger partial charge in [0.25, 0.3) is 0 Å². The van der Waals surface area contributed by atoms with Crippen molar-refractivity contribution in [1.82, 2.24) is 15.6 Å². The van der Waals surface area contributed by atoms with Gasteiger partial charge in [-0.1, -0.05) is 6.07 Å². The Bertz CT molecular complexity index is 291. The lowest BCUT2D eigenvalue weighted by atomic mass is 9.84. The predicted molar refractivity (Wildman–Crippen MR) is 61.8 cm³/mol. The molecule has 0 unspecified atom stereocenters. The molecule has 1 aromatic rings. The van der Waals surface area contributed by atoms with Gasteiger partial charge in [0.2, 0.25) is 0 Å². The van der Waals surface area contributed by atoms with Crippen molar-refractivity contribution < 1.29 is 0 Å². The first kappa shape index (κ1) is 10.6. The molecule has 0 radical (unpaired) electrons. The van der Waals surface area contributed by atoms with E-state index < -0.39 is 0 Å². The van der Waals surface area contributed by atoms with E-state index in [4.69, 9.17) is 0 Å². The fraction of sp³-hybridized carbons (Fsp3) is 0.583. The van der Waals surface area contributed by atoms with Crippen LogP contribution in [0, 0.1) is 0 Å². The second-order valence-corrected chi connectivity index (χ2v) is 4.28. The van der Waals surface area contributed by atoms with E-state index in [1.807, 2.05) is 12.3 Å². The van der Waals surface area contributed by atoms with Gasteiger partial charge in [-0.25, -0.2) is 0 Å². The maximum absolute atomic E-state index is 4.41. The molecule has 82 valence electrons. The Labute approximate surface area is 91.3 Å². The minimum Gasteiger partial charge on any atom is -0.317 e. The van der Waals surface area contributed by atoms with Gasteiger partial charge in [-0.05, 0) is 45.1 Å². The summed E-state index contributed by atoms with van der Waals surface area (Å²) in [5.74, 6) is 0. The molecule has 1 saturated heterocycles. The molecule has 0 saturated carbocycles. The van der Waals surface area contributed by atoms with Crippen LogP contribution in [0.4, 0.5) is 0 Å². The van der Waals surface area contributed by atoms with E-state index in [1.165, 1.54) is 18.5 Å². The summed E-state index contributed by atoms with van der Waals surface area (Å²) >= 11 is 0. The van der Waals surface area contributed by atoms with Gasteiger partial charge < -0.3 is 10.6 Å². The molecule has 2 N–H and O–H groups in total. The van der Waals surface area contributed by atoms with Crippen LogP contribution in [0.25, 0.3) is 0 Å². The molecule has 3 nitrogen and oxygen atoms in total. The second kappa shape index (κ2) is 4.73. The molecule has 3 heteroatoms. The Morgan fingerprint density at radius 1 is 1.40 bits per heavy atom. The highest BCUT2D eigenvalue weighted by Crippen LogP contribution is 2.21. The van der Waals surface area contributed by atoms with Crippen LogP contribution in [0.3, 0.4) is 0 Å². The molecule has 1 aromatic heterocycles. The third-order valence-corrected chi connectivity index (χ3v) is 3.34. The quantitative estimate of drug-likeness (QED) is 0.772. The molecule has 0 amide bonds. The highest BCUT2D eigenvalue weighted by molar-refractivity contribution is 5.09. The molecule has 2 heterocycles. The van der Waals surface area contributed by atoms with Gasteiger partial charge in [0.15, 0.2) is 0 Å². The molecular weight excluding hydrogens is 186 g/mol. The minimum absolute atomic E-state index is 0.250. The smallest absolute Gasteiger partial charge is 0.0421 e. The fourth-order valence-corrected chi connectivity index (χ4v) is 2.27. The third-order valence-electron chi connectivity index (χ3n) is 3.34. The summed E-state index contributed by atoms with van der Waals surface area (Å²) in [6.07, 6.45) is 5.27. The molecule has 0 spiro atoms. The molecule has 2 rings (SSSR count). The van der Waals surface area contributed by atoms with E-state index in [0.29, 0.717) is 0 Å². The summed E-state index contributed by atoms with van der Waals surface area (Å²) in [5, 5.41) is 6.89. The molecule has 0 aliphatic carbocycles. The van der Waals surface area contributed by atoms with E-state index in [1.54, 1.807) is 0 Å². The summed E-state index contributed by atoms with van der Waals surface area (Å²) in [6, 6.07) is 6.14. The van der Waals surface area contributed by atoms with Crippen molar-refractivity contribution in [3.63, 3.8) is 0 Å². The van der Waals surface area contributed by atoms with E-state index in [2.05, 4.69) is 34.8 Å². The van der Waals surface area contributed by atoms with Crippen LogP contribution in [0.2, 0.25) is 0 Å². The Morgan fingerprint density at radius 2 is 2.20 bits per heavy atom. The highest BCUT2D eigenvalue weighted by atomic mass is 15.0. The van der Waals surface area contributed by atoms with Crippen molar-refractivity contribution in [2.75, 3.05) is 20.1 Å². The Kier molecular flexibility index (Phi) is 3.34. The van der Waals surface area contributed by atoms with Crippen molar-refractivity contribution in [3.05, 3.63) is 30.1 Å². The van der Waals surface area contributed by atoms with Gasteiger partial charge in [-0.2, -0.15) is 0 Å². The van der Waals surface area contributed by atoms with Crippen molar-refractivity contribution in [1.29, 1.82) is 0 Å². The Morgan fingerprint density at radius 3 is 2.80 bits per heavy atom. The van der Waals surface area contributed by atoms with Gasteiger partial charge in [0, 0.05) is 23.9 Å². The molecule has 1 aliphatic rings. The van der Waals surface area contributed by atoms with E-state index in [-0.39, 0.29) is 5.54 Å². The number of hydrogen-bond acceptors (Lipinski definition) is 3. The van der Waals surface area contributed by atoms with Gasteiger partial charge in [-0.3, -0.25) is 4.98 Å². The third kappa shape index (κ3) is 2.55. The molecule has 1 fully saturated rings. The summed E-state index contributed by atoms with van der Waals surface area (Å²) in [4.78, 5) is 4.41. The van der Waals surface area contributed by atoms with Crippen molar-refractivity contribution in [2.24, 2.45) is 0 Å². The van der Waals surface area contributed by atoms with Crippen LogP contribution in [-0.4, -0.2) is 30.7 Å². The van der Waals surface area contributed by atoms with Crippen molar-refractivity contribution in [2.45, 2.75) is 24.8 Å². The number of aromatic nitrogens is 1. The number of pyridine rings is 1. The predicted octanol–water partition coefficient (Wildman–Crippen LogP) is 0.966. The highest BCUT2D eigenvalue weighted by Gasteiger charge is 2.30. The molecule has 0 atom stereocenters. The topological polar surface area (TPSA) is 37.0 Å². The van der Waals surface area contributed by atoms with E-state index in [0.717, 1.165) is 19.5 Å². The first-order valence-electron chi connectivity index (χ1n) is 5.64. The van der Waals surface area contributed by atoms with E-state index >= 15 is 0 Å². The van der Waals surface area contributed by atoms with Crippen molar-refractivity contribution in [3.8, 4) is 0 Å². The first-order valence-corrected chi connectivity index (χ1v) is 5.64. The number of rotatable bonds is 3. The normalized spacial score (nSPS) is 20.1. The lowest BCUT2D eigenvalue weighted by Crippen LogP contribution is -2.52. The number of hydrogen-bond donors (Lipinski definition) is 2. The summed E-state index contributed by atoms with van der Waals surface area (Å²) in [6.45, 7) is 2.21. The monoisotopic (exact) mass is 205 g/mol. The first-order chi connectivity index (χ1) is 7.35. The largest absolute Gasteiger partial charge is 0.317 e. The zero-order valence-electron chi connectivity index (χ0n) is 9.29. The fourth-order valence-electron chi connectivity index (χ4n) is 2.27. The zero-order chi connectivity index (χ0) is 10.6. The maximum Gasteiger partial charge on any atom is 0.0421 e. The van der Waals surface area contributed by atoms with Crippen LogP contribution in [0.15, 0.2) is 24.4 Å². The minimum atomic E-state index is 0.250. The molecular formula is C12H19N3. The average Bonchev–Trinajstić information content (AvgIpc) is 2.32. The lowest BCUT2D eigenvalue weighted by Gasteiger charge is -2.37. The van der Waals surface area contributed by atoms with Gasteiger partial charge in [-0.15, -0.1) is 0 Å². The maximum atomic E-state index is 4.41. The van der Waals surface area contributed by atoms with Crippen LogP contribution >= 0.6 is 0 Å². The summed E-state index contributed by atoms with van der Waals surface area (Å²) in [5.41, 5.74) is 1.44. The second-order valence-electron chi connectivity index (χ2n) is 4.28. The van der Waals surface area contributed by atoms with Gasteiger partial charge in [0.1, 0.15) is 0 Å². The van der Waals surface area contributed by atoms with Crippen LogP contribution < -0.4 is 10.6 Å². The Hall–Kier alpha value is -0.930. The number of nitrogens with zero attached hydrogens (tertiary/aromatic N) is 1. The molecule has 0 aromatic carbocycles. The Balaban J connectivity index is 2.07. The molecule has 0 bridgehead atoms. The van der Waals surface area contributed by atoms with E-state index in [9.17, 15) is 0 Å². The summed E-state index contributed by atoms with van der Waals surface area (Å²) in [7, 11) is 2.06. The van der Waals surface area contributed by atoms with Gasteiger partial charge >= 0.3 is 0 Å². The number of piperidine rings is 1. The molecule has 15 heavy (non-hydrogen) atoms. The van der Waals surface area contributed by atoms with Crippen molar-refractivity contribution >= 4 is 0 Å². The average molecular weight is 205 g/mol. The zero-order valence-corrected chi connectivity index (χ0v) is 9.29. The SMILES string of the molecule is CNC1(Cc2ccccn2)CCNCC1. The van der Waals surface area contributed by atoms with Crippen LogP contribution in [0.1, 0.15) is 18.5 Å². The molecule has 1 aliphatic heterocycles. The van der Waals surface area contributed by atoms with Crippen LogP contribution in [0.5, 0.6) is 0 Å². The summed E-state index contributed by atoms with van der Waals surface area (Å²) < 4.78 is 0. The van der Waals surface area contributed by atoms with Gasteiger partial charge in [0.05, 0.1) is 0 Å².